The largest absolute Gasteiger partial charge is 0.396 e. The van der Waals surface area contributed by atoms with Gasteiger partial charge in [-0.25, -0.2) is 0 Å². The van der Waals surface area contributed by atoms with Crippen LogP contribution >= 0.6 is 0 Å². The Bertz CT molecular complexity index is 736. The fourth-order valence-electron chi connectivity index (χ4n) is 4.49. The number of ether oxygens (including phenoxy) is 1. The Hall–Kier alpha value is -1.96. The summed E-state index contributed by atoms with van der Waals surface area (Å²) in [5, 5.41) is 17.3. The molecule has 0 aliphatic carbocycles. The van der Waals surface area contributed by atoms with Gasteiger partial charge in [-0.1, -0.05) is 35.5 Å². The standard InChI is InChI=1S/C17H20N4O3/c22-8-12-13-7-21(10-17(13)9-18-6-14(12)23-17)16-19-15(20-24-16)11-4-2-1-3-5-11/h1-5,12-14,18,22H,6-10H2/t12-,13+,14+,17+/m0/s1. The van der Waals surface area contributed by atoms with Gasteiger partial charge in [-0.2, -0.15) is 4.98 Å². The van der Waals surface area contributed by atoms with E-state index in [1.807, 2.05) is 30.3 Å². The first-order chi connectivity index (χ1) is 11.8. The Morgan fingerprint density at radius 2 is 2.21 bits per heavy atom. The van der Waals surface area contributed by atoms with Crippen molar-refractivity contribution in [1.29, 1.82) is 0 Å². The van der Waals surface area contributed by atoms with Crippen LogP contribution in [-0.2, 0) is 4.74 Å². The van der Waals surface area contributed by atoms with Gasteiger partial charge in [0, 0.05) is 43.6 Å². The molecule has 3 aliphatic rings. The predicted molar refractivity (Wildman–Crippen MR) is 86.5 cm³/mol. The molecule has 3 aliphatic heterocycles. The molecule has 0 radical (unpaired) electrons. The van der Waals surface area contributed by atoms with Crippen molar-refractivity contribution in [3.05, 3.63) is 30.3 Å². The molecule has 0 amide bonds. The van der Waals surface area contributed by atoms with E-state index in [4.69, 9.17) is 9.26 Å². The summed E-state index contributed by atoms with van der Waals surface area (Å²) in [6.45, 7) is 3.28. The smallest absolute Gasteiger partial charge is 0.324 e. The number of aliphatic hydroxyl groups excluding tert-OH is 1. The van der Waals surface area contributed by atoms with Gasteiger partial charge in [-0.05, 0) is 0 Å². The van der Waals surface area contributed by atoms with E-state index in [9.17, 15) is 5.11 Å². The van der Waals surface area contributed by atoms with Crippen LogP contribution in [0.25, 0.3) is 11.4 Å². The third-order valence-corrected chi connectivity index (χ3v) is 5.63. The first-order valence-electron chi connectivity index (χ1n) is 8.42. The Morgan fingerprint density at radius 3 is 3.04 bits per heavy atom. The van der Waals surface area contributed by atoms with E-state index in [1.165, 1.54) is 0 Å². The number of hydrogen-bond donors (Lipinski definition) is 2. The molecule has 1 aromatic carbocycles. The number of hydrogen-bond acceptors (Lipinski definition) is 7. The van der Waals surface area contributed by atoms with Gasteiger partial charge < -0.3 is 24.6 Å². The zero-order valence-corrected chi connectivity index (χ0v) is 13.3. The van der Waals surface area contributed by atoms with E-state index in [0.29, 0.717) is 18.4 Å². The van der Waals surface area contributed by atoms with Crippen molar-refractivity contribution in [2.45, 2.75) is 11.7 Å². The van der Waals surface area contributed by atoms with E-state index < -0.39 is 0 Å². The van der Waals surface area contributed by atoms with E-state index in [0.717, 1.165) is 25.2 Å². The molecular formula is C17H20N4O3. The van der Waals surface area contributed by atoms with Gasteiger partial charge in [0.1, 0.15) is 5.60 Å². The summed E-state index contributed by atoms with van der Waals surface area (Å²) in [5.41, 5.74) is 0.687. The molecule has 3 fully saturated rings. The van der Waals surface area contributed by atoms with Gasteiger partial charge in [-0.15, -0.1) is 0 Å². The second-order valence-corrected chi connectivity index (χ2v) is 6.95. The minimum absolute atomic E-state index is 0.110. The molecule has 2 bridgehead atoms. The molecule has 5 rings (SSSR count). The maximum absolute atomic E-state index is 9.79. The summed E-state index contributed by atoms with van der Waals surface area (Å²) in [7, 11) is 0. The van der Waals surface area contributed by atoms with Gasteiger partial charge >= 0.3 is 6.01 Å². The normalized spacial score (nSPS) is 34.5. The van der Waals surface area contributed by atoms with Gasteiger partial charge in [0.15, 0.2) is 0 Å². The molecule has 126 valence electrons. The number of anilines is 1. The van der Waals surface area contributed by atoms with Crippen molar-refractivity contribution in [3.63, 3.8) is 0 Å². The van der Waals surface area contributed by atoms with Crippen molar-refractivity contribution < 1.29 is 14.4 Å². The first-order valence-corrected chi connectivity index (χ1v) is 8.42. The lowest BCUT2D eigenvalue weighted by Crippen LogP contribution is -2.52. The third kappa shape index (κ3) is 2.02. The minimum Gasteiger partial charge on any atom is -0.396 e. The Labute approximate surface area is 139 Å². The van der Waals surface area contributed by atoms with E-state index in [2.05, 4.69) is 20.4 Å². The number of morpholine rings is 1. The van der Waals surface area contributed by atoms with Crippen molar-refractivity contribution in [3.8, 4) is 11.4 Å². The summed E-state index contributed by atoms with van der Waals surface area (Å²) in [6, 6.07) is 10.3. The quantitative estimate of drug-likeness (QED) is 0.850. The van der Waals surface area contributed by atoms with Crippen molar-refractivity contribution >= 4 is 6.01 Å². The number of aromatic nitrogens is 2. The molecule has 1 aromatic heterocycles. The molecule has 0 unspecified atom stereocenters. The molecule has 3 saturated heterocycles. The first kappa shape index (κ1) is 14.4. The van der Waals surface area contributed by atoms with Crippen LogP contribution in [0.3, 0.4) is 0 Å². The summed E-state index contributed by atoms with van der Waals surface area (Å²) < 4.78 is 11.8. The highest BCUT2D eigenvalue weighted by atomic mass is 16.5. The molecule has 7 nitrogen and oxygen atoms in total. The highest BCUT2D eigenvalue weighted by Gasteiger charge is 2.61. The molecule has 7 heteroatoms. The summed E-state index contributed by atoms with van der Waals surface area (Å²) >= 11 is 0. The van der Waals surface area contributed by atoms with Crippen molar-refractivity contribution in [2.24, 2.45) is 11.8 Å². The lowest BCUT2D eigenvalue weighted by atomic mass is 9.83. The number of nitrogens with zero attached hydrogens (tertiary/aromatic N) is 3. The van der Waals surface area contributed by atoms with E-state index in [-0.39, 0.29) is 30.1 Å². The van der Waals surface area contributed by atoms with Crippen molar-refractivity contribution in [2.75, 3.05) is 37.7 Å². The Balaban J connectivity index is 1.41. The molecular weight excluding hydrogens is 308 g/mol. The van der Waals surface area contributed by atoms with Crippen LogP contribution in [0.5, 0.6) is 0 Å². The highest BCUT2D eigenvalue weighted by Crippen LogP contribution is 2.47. The lowest BCUT2D eigenvalue weighted by Gasteiger charge is -2.33. The van der Waals surface area contributed by atoms with Gasteiger partial charge in [0.05, 0.1) is 12.6 Å². The highest BCUT2D eigenvalue weighted by molar-refractivity contribution is 5.55. The zero-order chi connectivity index (χ0) is 16.1. The Kier molecular flexibility index (Phi) is 3.16. The summed E-state index contributed by atoms with van der Waals surface area (Å²) in [5.74, 6) is 1.05. The molecule has 4 atom stereocenters. The fraction of sp³-hybridized carbons (Fsp3) is 0.529. The van der Waals surface area contributed by atoms with Crippen molar-refractivity contribution in [1.82, 2.24) is 15.5 Å². The van der Waals surface area contributed by atoms with Crippen LogP contribution in [0.15, 0.2) is 34.9 Å². The van der Waals surface area contributed by atoms with Crippen LogP contribution in [0.4, 0.5) is 6.01 Å². The van der Waals surface area contributed by atoms with Gasteiger partial charge in [0.2, 0.25) is 5.82 Å². The van der Waals surface area contributed by atoms with E-state index in [1.54, 1.807) is 0 Å². The molecule has 24 heavy (non-hydrogen) atoms. The summed E-state index contributed by atoms with van der Waals surface area (Å²) in [4.78, 5) is 6.65. The third-order valence-electron chi connectivity index (χ3n) is 5.63. The fourth-order valence-corrected chi connectivity index (χ4v) is 4.49. The molecule has 2 aromatic rings. The zero-order valence-electron chi connectivity index (χ0n) is 13.3. The average Bonchev–Trinajstić information content (AvgIpc) is 3.27. The maximum atomic E-state index is 9.79. The predicted octanol–water partition coefficient (Wildman–Crippen LogP) is 0.522. The van der Waals surface area contributed by atoms with Gasteiger partial charge in [0.25, 0.3) is 0 Å². The SMILES string of the molecule is OC[C@H]1[C@H]2CN(c3nc(-c4ccccc4)no3)C[C@]23CNC[C@H]1O3. The van der Waals surface area contributed by atoms with Gasteiger partial charge in [-0.3, -0.25) is 0 Å². The maximum Gasteiger partial charge on any atom is 0.324 e. The lowest BCUT2D eigenvalue weighted by molar-refractivity contribution is -0.0655. The van der Waals surface area contributed by atoms with Crippen LogP contribution in [-0.4, -0.2) is 59.7 Å². The Morgan fingerprint density at radius 1 is 1.33 bits per heavy atom. The van der Waals surface area contributed by atoms with Crippen LogP contribution < -0.4 is 10.2 Å². The molecule has 1 spiro atoms. The number of aliphatic hydroxyl groups is 1. The number of fused-ring (bicyclic) bond motifs is 1. The monoisotopic (exact) mass is 328 g/mol. The topological polar surface area (TPSA) is 83.7 Å². The van der Waals surface area contributed by atoms with E-state index >= 15 is 0 Å². The van der Waals surface area contributed by atoms with Crippen LogP contribution in [0.2, 0.25) is 0 Å². The summed E-state index contributed by atoms with van der Waals surface area (Å²) in [6.07, 6.45) is 0.110. The number of benzene rings is 1. The second-order valence-electron chi connectivity index (χ2n) is 6.95. The molecule has 0 saturated carbocycles. The van der Waals surface area contributed by atoms with Crippen LogP contribution in [0, 0.1) is 11.8 Å². The average molecular weight is 328 g/mol. The molecule has 2 N–H and O–H groups in total. The second kappa shape index (κ2) is 5.27. The minimum atomic E-state index is -0.252. The number of rotatable bonds is 3. The molecule has 4 heterocycles. The number of nitrogens with one attached hydrogen (secondary N) is 1. The van der Waals surface area contributed by atoms with Crippen LogP contribution in [0.1, 0.15) is 0 Å².